The van der Waals surface area contributed by atoms with E-state index in [2.05, 4.69) is 20.6 Å². The molecule has 2 amide bonds. The summed E-state index contributed by atoms with van der Waals surface area (Å²) in [5, 5.41) is 21.7. The largest absolute Gasteiger partial charge is 0.497 e. The molecule has 266 valence electrons. The van der Waals surface area contributed by atoms with Crippen molar-refractivity contribution in [2.75, 3.05) is 23.9 Å². The number of aliphatic hydroxyl groups excluding tert-OH is 1. The van der Waals surface area contributed by atoms with Crippen molar-refractivity contribution in [1.82, 2.24) is 20.0 Å². The summed E-state index contributed by atoms with van der Waals surface area (Å²) >= 11 is 0. The van der Waals surface area contributed by atoms with Gasteiger partial charge in [0.2, 0.25) is 5.91 Å². The number of ether oxygens (including phenoxy) is 2. The summed E-state index contributed by atoms with van der Waals surface area (Å²) in [6.45, 7) is 6.60. The number of aryl methyl sites for hydroxylation is 1. The number of fused-ring (bicyclic) bond motifs is 3. The standard InChI is InChI=1S/C38H44N6O6Si/c1-24-36(51(3,4)48)34(15-17-43-23-28(16-18-45)41-42-43)50-38(24)31-20-29(49-2)13-14-33(31)44(37(38)47)22-25-9-11-27(12-10-25)40-35(46)19-26-21-39-32-8-6-5-7-30(26)32/h5-14,20-21,23-24,34,36,39,45,48H,15-19,22H2,1-4H3,(H,40,46)/t24-,34+,36-,38+/m0/s1. The van der Waals surface area contributed by atoms with Crippen LogP contribution in [-0.2, 0) is 45.9 Å². The van der Waals surface area contributed by atoms with Gasteiger partial charge in [0.15, 0.2) is 13.9 Å². The quantitative estimate of drug-likeness (QED) is 0.133. The van der Waals surface area contributed by atoms with Gasteiger partial charge in [0.25, 0.3) is 5.91 Å². The number of nitrogens with zero attached hydrogens (tertiary/aromatic N) is 4. The molecule has 2 aliphatic heterocycles. The molecule has 1 spiro atoms. The number of hydrogen-bond acceptors (Lipinski definition) is 8. The van der Waals surface area contributed by atoms with Crippen LogP contribution in [0.3, 0.4) is 0 Å². The Kier molecular flexibility index (Phi) is 9.31. The number of carbonyl (C=O) groups excluding carboxylic acids is 2. The molecule has 51 heavy (non-hydrogen) atoms. The third kappa shape index (κ3) is 6.46. The molecule has 0 bridgehead atoms. The number of aromatic nitrogens is 4. The van der Waals surface area contributed by atoms with Gasteiger partial charge in [-0.3, -0.25) is 14.3 Å². The van der Waals surface area contributed by atoms with Gasteiger partial charge >= 0.3 is 0 Å². The predicted octanol–water partition coefficient (Wildman–Crippen LogP) is 4.92. The summed E-state index contributed by atoms with van der Waals surface area (Å²) in [5.41, 5.74) is 4.10. The van der Waals surface area contributed by atoms with Gasteiger partial charge in [0.1, 0.15) is 5.75 Å². The van der Waals surface area contributed by atoms with Crippen molar-refractivity contribution in [2.45, 2.75) is 69.6 Å². The van der Waals surface area contributed by atoms with E-state index in [4.69, 9.17) is 9.47 Å². The van der Waals surface area contributed by atoms with E-state index in [9.17, 15) is 19.5 Å². The van der Waals surface area contributed by atoms with Crippen molar-refractivity contribution in [3.8, 4) is 5.75 Å². The molecule has 7 rings (SSSR count). The normalized spacial score (nSPS) is 21.5. The number of amides is 2. The van der Waals surface area contributed by atoms with E-state index >= 15 is 0 Å². The minimum atomic E-state index is -2.85. The number of nitrogens with one attached hydrogen (secondary N) is 2. The summed E-state index contributed by atoms with van der Waals surface area (Å²) in [6, 6.07) is 21.1. The fourth-order valence-electron chi connectivity index (χ4n) is 8.08. The highest BCUT2D eigenvalue weighted by Gasteiger charge is 2.66. The first-order valence-corrected chi connectivity index (χ1v) is 20.4. The summed E-state index contributed by atoms with van der Waals surface area (Å²) in [5.74, 6) is -0.00168. The molecular weight excluding hydrogens is 665 g/mol. The minimum Gasteiger partial charge on any atom is -0.497 e. The third-order valence-corrected chi connectivity index (χ3v) is 12.9. The smallest absolute Gasteiger partial charge is 0.264 e. The maximum absolute atomic E-state index is 14.8. The molecular formula is C38H44N6O6Si. The fraction of sp³-hybridized carbons (Fsp3) is 0.368. The van der Waals surface area contributed by atoms with E-state index in [1.807, 2.05) is 99.1 Å². The molecule has 0 saturated carbocycles. The molecule has 12 nitrogen and oxygen atoms in total. The highest BCUT2D eigenvalue weighted by Crippen LogP contribution is 2.60. The van der Waals surface area contributed by atoms with Gasteiger partial charge in [-0.1, -0.05) is 42.5 Å². The predicted molar refractivity (Wildman–Crippen MR) is 196 cm³/mol. The molecule has 0 radical (unpaired) electrons. The summed E-state index contributed by atoms with van der Waals surface area (Å²) in [4.78, 5) is 44.4. The molecule has 5 aromatic rings. The number of rotatable bonds is 12. The Morgan fingerprint density at radius 3 is 2.67 bits per heavy atom. The molecule has 3 aromatic carbocycles. The lowest BCUT2D eigenvalue weighted by Crippen LogP contribution is -2.46. The number of hydrogen-bond donors (Lipinski definition) is 4. The lowest BCUT2D eigenvalue weighted by molar-refractivity contribution is -0.146. The minimum absolute atomic E-state index is 0.00840. The second-order valence-electron chi connectivity index (χ2n) is 14.2. The Hall–Kier alpha value is -4.82. The van der Waals surface area contributed by atoms with Gasteiger partial charge in [-0.25, -0.2) is 0 Å². The van der Waals surface area contributed by atoms with Crippen LogP contribution in [0.5, 0.6) is 5.75 Å². The number of aromatic amines is 1. The first-order valence-electron chi connectivity index (χ1n) is 17.4. The molecule has 2 aromatic heterocycles. The van der Waals surface area contributed by atoms with Crippen LogP contribution in [-0.4, -0.2) is 69.8 Å². The van der Waals surface area contributed by atoms with E-state index in [0.29, 0.717) is 43.1 Å². The van der Waals surface area contributed by atoms with Crippen LogP contribution in [0.1, 0.15) is 35.7 Å². The lowest BCUT2D eigenvalue weighted by Gasteiger charge is -2.32. The Morgan fingerprint density at radius 2 is 1.92 bits per heavy atom. The Morgan fingerprint density at radius 1 is 1.14 bits per heavy atom. The average Bonchev–Trinajstić information content (AvgIpc) is 3.86. The van der Waals surface area contributed by atoms with Gasteiger partial charge in [-0.05, 0) is 67.0 Å². The van der Waals surface area contributed by atoms with Gasteiger partial charge in [-0.15, -0.1) is 5.10 Å². The van der Waals surface area contributed by atoms with Crippen LogP contribution in [0, 0.1) is 5.92 Å². The maximum atomic E-state index is 14.8. The SMILES string of the molecule is COc1ccc2c(c1)[C@@]1(O[C@H](CCn3cc(CCO)nn3)[C@@H]([Si](C)(C)O)[C@@H]1C)C(=O)N2Cc1ccc(NC(=O)Cc2c[nH]c3ccccc23)cc1. The number of H-pyrrole nitrogens is 1. The molecule has 0 aliphatic carbocycles. The summed E-state index contributed by atoms with van der Waals surface area (Å²) in [6.07, 6.45) is 4.46. The molecule has 1 saturated heterocycles. The van der Waals surface area contributed by atoms with Crippen molar-refractivity contribution >= 4 is 42.4 Å². The summed E-state index contributed by atoms with van der Waals surface area (Å²) in [7, 11) is -1.26. The van der Waals surface area contributed by atoms with E-state index < -0.39 is 20.0 Å². The van der Waals surface area contributed by atoms with E-state index in [0.717, 1.165) is 33.3 Å². The van der Waals surface area contributed by atoms with Gasteiger partial charge in [-0.2, -0.15) is 0 Å². The lowest BCUT2D eigenvalue weighted by atomic mass is 9.82. The molecule has 4 heterocycles. The van der Waals surface area contributed by atoms with Crippen molar-refractivity contribution in [2.24, 2.45) is 5.92 Å². The number of anilines is 2. The second kappa shape index (κ2) is 13.7. The van der Waals surface area contributed by atoms with Crippen molar-refractivity contribution in [3.05, 3.63) is 102 Å². The molecule has 4 atom stereocenters. The Bertz CT molecular complexity index is 2060. The maximum Gasteiger partial charge on any atom is 0.264 e. The molecule has 1 fully saturated rings. The van der Waals surface area contributed by atoms with Crippen molar-refractivity contribution < 1.29 is 29.0 Å². The highest BCUT2D eigenvalue weighted by molar-refractivity contribution is 6.71. The van der Waals surface area contributed by atoms with Gasteiger partial charge in [0, 0.05) is 65.6 Å². The van der Waals surface area contributed by atoms with Crippen LogP contribution in [0.4, 0.5) is 11.4 Å². The third-order valence-electron chi connectivity index (χ3n) is 10.4. The zero-order valence-corrected chi connectivity index (χ0v) is 30.3. The molecule has 13 heteroatoms. The number of carbonyl (C=O) groups is 2. The van der Waals surface area contributed by atoms with Gasteiger partial charge < -0.3 is 34.6 Å². The fourth-order valence-corrected chi connectivity index (χ4v) is 10.7. The first-order chi connectivity index (χ1) is 24.5. The zero-order valence-electron chi connectivity index (χ0n) is 29.3. The monoisotopic (exact) mass is 708 g/mol. The van der Waals surface area contributed by atoms with E-state index in [1.54, 1.807) is 16.7 Å². The Balaban J connectivity index is 1.11. The first kappa shape index (κ1) is 34.6. The molecule has 0 unspecified atom stereocenters. The van der Waals surface area contributed by atoms with Crippen LogP contribution >= 0.6 is 0 Å². The highest BCUT2D eigenvalue weighted by atomic mass is 28.4. The number of methoxy groups -OCH3 is 1. The van der Waals surface area contributed by atoms with Crippen molar-refractivity contribution in [3.63, 3.8) is 0 Å². The number of benzene rings is 3. The topological polar surface area (TPSA) is 155 Å². The molecule has 4 N–H and O–H groups in total. The van der Waals surface area contributed by atoms with Crippen LogP contribution in [0.15, 0.2) is 79.1 Å². The Labute approximate surface area is 297 Å². The zero-order chi connectivity index (χ0) is 35.9. The average molecular weight is 709 g/mol. The van der Waals surface area contributed by atoms with E-state index in [1.165, 1.54) is 0 Å². The van der Waals surface area contributed by atoms with Crippen LogP contribution in [0.2, 0.25) is 18.6 Å². The second-order valence-corrected chi connectivity index (χ2v) is 18.1. The molecule has 2 aliphatic rings. The number of aliphatic hydroxyl groups is 1. The van der Waals surface area contributed by atoms with Crippen LogP contribution in [0.25, 0.3) is 10.9 Å². The summed E-state index contributed by atoms with van der Waals surface area (Å²) < 4.78 is 14.3. The number of para-hydroxylation sites is 1. The van der Waals surface area contributed by atoms with Gasteiger partial charge in [0.05, 0.1) is 37.6 Å². The van der Waals surface area contributed by atoms with Crippen LogP contribution < -0.4 is 15.0 Å². The van der Waals surface area contributed by atoms with E-state index in [-0.39, 0.29) is 36.3 Å². The van der Waals surface area contributed by atoms with Crippen molar-refractivity contribution in [1.29, 1.82) is 0 Å².